The number of nitrogens with one attached hydrogen (secondary N) is 1. The van der Waals surface area contributed by atoms with E-state index in [-0.39, 0.29) is 0 Å². The third-order valence-electron chi connectivity index (χ3n) is 4.39. The molecular weight excluding hydrogens is 194 g/mol. The lowest BCUT2D eigenvalue weighted by molar-refractivity contribution is 0.539. The lowest BCUT2D eigenvalue weighted by atomic mass is 9.92. The highest BCUT2D eigenvalue weighted by molar-refractivity contribution is 5.40. The highest BCUT2D eigenvalue weighted by atomic mass is 14.9. The fourth-order valence-corrected chi connectivity index (χ4v) is 3.58. The molecule has 0 aromatic heterocycles. The molecule has 2 aliphatic rings. The van der Waals surface area contributed by atoms with E-state index in [2.05, 4.69) is 42.2 Å². The predicted molar refractivity (Wildman–Crippen MR) is 67.5 cm³/mol. The van der Waals surface area contributed by atoms with Gasteiger partial charge in [-0.25, -0.2) is 0 Å². The molecule has 4 atom stereocenters. The van der Waals surface area contributed by atoms with Crippen LogP contribution in [0.5, 0.6) is 0 Å². The predicted octanol–water partition coefficient (Wildman–Crippen LogP) is 2.74. The van der Waals surface area contributed by atoms with Gasteiger partial charge in [-0.05, 0) is 48.8 Å². The minimum Gasteiger partial charge on any atom is -0.313 e. The zero-order valence-corrected chi connectivity index (χ0v) is 9.82. The molecule has 4 unspecified atom stereocenters. The smallest absolute Gasteiger partial charge is 0.0281 e. The Bertz CT molecular complexity index is 410. The van der Waals surface area contributed by atoms with Crippen molar-refractivity contribution in [2.45, 2.75) is 24.8 Å². The van der Waals surface area contributed by atoms with Crippen LogP contribution in [0, 0.1) is 11.8 Å². The Balaban J connectivity index is 1.89. The molecule has 0 radical (unpaired) electrons. The quantitative estimate of drug-likeness (QED) is 0.761. The maximum atomic E-state index is 3.94. The minimum atomic E-state index is 0.487. The van der Waals surface area contributed by atoms with Crippen molar-refractivity contribution in [3.05, 3.63) is 48.0 Å². The van der Waals surface area contributed by atoms with E-state index in [4.69, 9.17) is 0 Å². The Kier molecular flexibility index (Phi) is 2.36. The largest absolute Gasteiger partial charge is 0.313 e. The second-order valence-electron chi connectivity index (χ2n) is 5.05. The number of hydrogen-bond donors (Lipinski definition) is 1. The summed E-state index contributed by atoms with van der Waals surface area (Å²) in [5.74, 6) is 2.47. The van der Waals surface area contributed by atoms with Crippen molar-refractivity contribution < 1.29 is 0 Å². The molecule has 2 aliphatic carbocycles. The number of likely N-dealkylation sites (N-methyl/N-ethyl adjacent to an activating group) is 1. The number of rotatable bonds is 3. The molecule has 1 aromatic rings. The molecule has 0 heterocycles. The fourth-order valence-electron chi connectivity index (χ4n) is 3.58. The first-order valence-corrected chi connectivity index (χ1v) is 6.24. The zero-order valence-electron chi connectivity index (χ0n) is 9.82. The van der Waals surface area contributed by atoms with E-state index in [1.807, 2.05) is 7.05 Å². The van der Waals surface area contributed by atoms with Crippen LogP contribution >= 0.6 is 0 Å². The van der Waals surface area contributed by atoms with Crippen LogP contribution in [0.1, 0.15) is 23.5 Å². The molecule has 1 N–H and O–H groups in total. The molecule has 1 aromatic carbocycles. The Morgan fingerprint density at radius 1 is 1.44 bits per heavy atom. The summed E-state index contributed by atoms with van der Waals surface area (Å²) in [6, 6.07) is 9.45. The number of benzene rings is 1. The van der Waals surface area contributed by atoms with Gasteiger partial charge in [-0.3, -0.25) is 0 Å². The summed E-state index contributed by atoms with van der Waals surface area (Å²) in [5.41, 5.74) is 3.18. The van der Waals surface area contributed by atoms with Crippen molar-refractivity contribution >= 4 is 0 Å². The van der Waals surface area contributed by atoms with E-state index in [0.29, 0.717) is 6.04 Å². The molecule has 0 bridgehead atoms. The first-order chi connectivity index (χ1) is 7.86. The summed E-state index contributed by atoms with van der Waals surface area (Å²) < 4.78 is 0. The van der Waals surface area contributed by atoms with Crippen molar-refractivity contribution in [1.29, 1.82) is 0 Å². The molecule has 0 amide bonds. The van der Waals surface area contributed by atoms with Gasteiger partial charge < -0.3 is 5.32 Å². The molecule has 0 spiro atoms. The monoisotopic (exact) mass is 213 g/mol. The van der Waals surface area contributed by atoms with E-state index in [9.17, 15) is 0 Å². The molecular formula is C15H19N. The van der Waals surface area contributed by atoms with Crippen molar-refractivity contribution in [1.82, 2.24) is 5.32 Å². The molecule has 0 saturated heterocycles. The minimum absolute atomic E-state index is 0.487. The summed E-state index contributed by atoms with van der Waals surface area (Å²) in [5, 5.41) is 3.38. The van der Waals surface area contributed by atoms with Crippen LogP contribution in [0.3, 0.4) is 0 Å². The van der Waals surface area contributed by atoms with Crippen LogP contribution < -0.4 is 5.32 Å². The molecule has 3 rings (SSSR count). The second-order valence-corrected chi connectivity index (χ2v) is 5.05. The molecule has 1 nitrogen and oxygen atoms in total. The Morgan fingerprint density at radius 2 is 2.25 bits per heavy atom. The average Bonchev–Trinajstić information content (AvgIpc) is 3.06. The highest BCUT2D eigenvalue weighted by Gasteiger charge is 2.55. The number of fused-ring (bicyclic) bond motifs is 3. The summed E-state index contributed by atoms with van der Waals surface area (Å²) in [4.78, 5) is 0. The van der Waals surface area contributed by atoms with Crippen LogP contribution in [0.25, 0.3) is 0 Å². The van der Waals surface area contributed by atoms with Crippen molar-refractivity contribution in [2.24, 2.45) is 11.8 Å². The van der Waals surface area contributed by atoms with Gasteiger partial charge in [0.15, 0.2) is 0 Å². The summed E-state index contributed by atoms with van der Waals surface area (Å²) in [6.45, 7) is 3.94. The van der Waals surface area contributed by atoms with Crippen molar-refractivity contribution in [3.63, 3.8) is 0 Å². The van der Waals surface area contributed by atoms with Crippen LogP contribution in [0.4, 0.5) is 0 Å². The molecule has 84 valence electrons. The lowest BCUT2D eigenvalue weighted by Crippen LogP contribution is -2.25. The van der Waals surface area contributed by atoms with E-state index >= 15 is 0 Å². The summed E-state index contributed by atoms with van der Waals surface area (Å²) in [6.07, 6.45) is 4.70. The maximum absolute atomic E-state index is 3.94. The Hall–Kier alpha value is -1.08. The van der Waals surface area contributed by atoms with Crippen LogP contribution in [-0.2, 0) is 6.42 Å². The first-order valence-electron chi connectivity index (χ1n) is 6.24. The van der Waals surface area contributed by atoms with Gasteiger partial charge >= 0.3 is 0 Å². The van der Waals surface area contributed by atoms with Crippen molar-refractivity contribution in [2.75, 3.05) is 7.05 Å². The molecule has 1 saturated carbocycles. The Labute approximate surface area is 97.6 Å². The van der Waals surface area contributed by atoms with Gasteiger partial charge in [0.1, 0.15) is 0 Å². The second kappa shape index (κ2) is 3.74. The van der Waals surface area contributed by atoms with E-state index in [0.717, 1.165) is 17.8 Å². The van der Waals surface area contributed by atoms with Gasteiger partial charge in [-0.1, -0.05) is 30.3 Å². The van der Waals surface area contributed by atoms with Gasteiger partial charge in [0.05, 0.1) is 0 Å². The summed E-state index contributed by atoms with van der Waals surface area (Å²) >= 11 is 0. The zero-order chi connectivity index (χ0) is 11.1. The van der Waals surface area contributed by atoms with Gasteiger partial charge in [0.2, 0.25) is 0 Å². The SMILES string of the molecule is C=CC(NC)C1C2CCc3ccccc3C21. The molecule has 16 heavy (non-hydrogen) atoms. The standard InChI is InChI=1S/C15H19N/c1-3-13(16-2)15-12-9-8-10-6-4-5-7-11(10)14(12)15/h3-7,12-16H,1,8-9H2,2H3. The maximum Gasteiger partial charge on any atom is 0.0281 e. The fraction of sp³-hybridized carbons (Fsp3) is 0.467. The van der Waals surface area contributed by atoms with Gasteiger partial charge in [0.25, 0.3) is 0 Å². The first kappa shape index (κ1) is 10.1. The highest BCUT2D eigenvalue weighted by Crippen LogP contribution is 2.61. The van der Waals surface area contributed by atoms with Crippen LogP contribution in [0.2, 0.25) is 0 Å². The van der Waals surface area contributed by atoms with Crippen LogP contribution in [0.15, 0.2) is 36.9 Å². The topological polar surface area (TPSA) is 12.0 Å². The lowest BCUT2D eigenvalue weighted by Gasteiger charge is -2.13. The van der Waals surface area contributed by atoms with Crippen LogP contribution in [-0.4, -0.2) is 13.1 Å². The van der Waals surface area contributed by atoms with Gasteiger partial charge in [0, 0.05) is 6.04 Å². The van der Waals surface area contributed by atoms with E-state index < -0.39 is 0 Å². The number of hydrogen-bond acceptors (Lipinski definition) is 1. The van der Waals surface area contributed by atoms with Gasteiger partial charge in [-0.15, -0.1) is 6.58 Å². The molecule has 1 heteroatoms. The third-order valence-corrected chi connectivity index (χ3v) is 4.39. The number of aryl methyl sites for hydroxylation is 1. The van der Waals surface area contributed by atoms with Gasteiger partial charge in [-0.2, -0.15) is 0 Å². The summed E-state index contributed by atoms with van der Waals surface area (Å²) in [7, 11) is 2.04. The third kappa shape index (κ3) is 1.35. The normalized spacial score (nSPS) is 32.4. The van der Waals surface area contributed by atoms with Crippen molar-refractivity contribution in [3.8, 4) is 0 Å². The van der Waals surface area contributed by atoms with E-state index in [1.54, 1.807) is 11.1 Å². The van der Waals surface area contributed by atoms with E-state index in [1.165, 1.54) is 12.8 Å². The molecule has 0 aliphatic heterocycles. The molecule has 1 fully saturated rings. The Morgan fingerprint density at radius 3 is 3.00 bits per heavy atom. The average molecular weight is 213 g/mol.